The monoisotopic (exact) mass is 1360 g/mol. The number of nitrogens with zero attached hydrogens (tertiary/aromatic N) is 7. The molecule has 93 heavy (non-hydrogen) atoms. The van der Waals surface area contributed by atoms with E-state index >= 15 is 0 Å². The summed E-state index contributed by atoms with van der Waals surface area (Å²) in [5.74, 6) is -7.34. The first kappa shape index (κ1) is 75.0. The van der Waals surface area contributed by atoms with Gasteiger partial charge in [0.1, 0.15) is 18.3 Å². The van der Waals surface area contributed by atoms with Gasteiger partial charge in [0.15, 0.2) is 6.23 Å². The first-order valence-electron chi connectivity index (χ1n) is 30.7. The van der Waals surface area contributed by atoms with E-state index in [1.807, 2.05) is 80.5 Å². The molecular formula is C63H89CoN14O14P. The van der Waals surface area contributed by atoms with Crippen LogP contribution in [0.4, 0.5) is 0 Å². The average molecular weight is 1360 g/mol. The van der Waals surface area contributed by atoms with Crippen LogP contribution in [0.1, 0.15) is 150 Å². The van der Waals surface area contributed by atoms with Crippen molar-refractivity contribution in [3.8, 4) is 0 Å². The van der Waals surface area contributed by atoms with Crippen molar-refractivity contribution in [3.05, 3.63) is 75.8 Å². The van der Waals surface area contributed by atoms with Crippen molar-refractivity contribution in [2.45, 2.75) is 189 Å². The van der Waals surface area contributed by atoms with Crippen molar-refractivity contribution < 1.29 is 83.8 Å². The Morgan fingerprint density at radius 3 is 1.95 bits per heavy atom. The van der Waals surface area contributed by atoms with Gasteiger partial charge < -0.3 is 81.3 Å². The number of aryl methyl sites for hydroxylation is 2. The summed E-state index contributed by atoms with van der Waals surface area (Å²) >= 11 is 0. The minimum absolute atomic E-state index is 0. The molecule has 8 bridgehead atoms. The fourth-order valence-corrected chi connectivity index (χ4v) is 16.5. The van der Waals surface area contributed by atoms with E-state index < -0.39 is 143 Å². The number of ether oxygens (including phenoxy) is 1. The molecule has 0 saturated carbocycles. The van der Waals surface area contributed by atoms with Gasteiger partial charge >= 0.3 is 24.6 Å². The molecule has 8 rings (SSSR count). The number of hydrogen-bond acceptors (Lipinski definition) is 18. The van der Waals surface area contributed by atoms with Crippen LogP contribution in [0.15, 0.2) is 67.8 Å². The van der Waals surface area contributed by atoms with Gasteiger partial charge in [-0.2, -0.15) is 5.70 Å². The Morgan fingerprint density at radius 1 is 0.796 bits per heavy atom. The van der Waals surface area contributed by atoms with Crippen molar-refractivity contribution in [1.29, 1.82) is 5.26 Å². The van der Waals surface area contributed by atoms with Crippen LogP contribution in [0.5, 0.6) is 0 Å². The van der Waals surface area contributed by atoms with Crippen LogP contribution in [-0.4, -0.2) is 132 Å². The Bertz CT molecular complexity index is 3600. The number of amides is 7. The van der Waals surface area contributed by atoms with Gasteiger partial charge in [-0.05, 0) is 118 Å². The maximum absolute atomic E-state index is 14.4. The third-order valence-corrected chi connectivity index (χ3v) is 21.6. The molecule has 2 fully saturated rings. The smallest absolute Gasteiger partial charge is 0.680 e. The topological polar surface area (TPSA) is 486 Å². The summed E-state index contributed by atoms with van der Waals surface area (Å²) in [5.41, 5.74) is 36.8. The number of aliphatic imine (C=N–C) groups is 3. The minimum Gasteiger partial charge on any atom is -0.680 e. The van der Waals surface area contributed by atoms with Crippen molar-refractivity contribution in [1.82, 2.24) is 14.9 Å². The molecule has 16 N–H and O–H groups in total. The largest absolute Gasteiger partial charge is 2.00 e. The molecule has 15 unspecified atom stereocenters. The first-order valence-corrected chi connectivity index (χ1v) is 32.2. The van der Waals surface area contributed by atoms with E-state index in [-0.39, 0.29) is 94.0 Å². The number of phosphoric acid groups is 1. The van der Waals surface area contributed by atoms with E-state index in [0.29, 0.717) is 56.4 Å². The number of rotatable bonds is 26. The van der Waals surface area contributed by atoms with Gasteiger partial charge in [-0.25, -0.2) is 9.55 Å². The van der Waals surface area contributed by atoms with Gasteiger partial charge in [0.2, 0.25) is 41.4 Å². The van der Waals surface area contributed by atoms with Crippen molar-refractivity contribution in [2.24, 2.45) is 94.7 Å². The van der Waals surface area contributed by atoms with E-state index in [1.165, 1.54) is 13.3 Å². The number of carbonyl (C=O) groups is 7. The van der Waals surface area contributed by atoms with Crippen molar-refractivity contribution in [3.63, 3.8) is 0 Å². The molecule has 1 aromatic heterocycles. The molecule has 30 heteroatoms. The zero-order valence-electron chi connectivity index (χ0n) is 54.5. The number of primary amides is 6. The van der Waals surface area contributed by atoms with Gasteiger partial charge in [-0.1, -0.05) is 47.1 Å². The number of fused-ring (bicyclic) bond motifs is 7. The van der Waals surface area contributed by atoms with Crippen LogP contribution in [0, 0.1) is 71.0 Å². The molecule has 1 aromatic carbocycles. The number of allylic oxidation sites excluding steroid dienone is 6. The van der Waals surface area contributed by atoms with E-state index in [2.05, 4.69) is 10.3 Å². The predicted molar refractivity (Wildman–Crippen MR) is 339 cm³/mol. The molecule has 7 heterocycles. The molecule has 28 nitrogen and oxygen atoms in total. The van der Waals surface area contributed by atoms with Crippen molar-refractivity contribution in [2.75, 3.05) is 13.2 Å². The number of aliphatic hydroxyl groups excluding tert-OH is 2. The van der Waals surface area contributed by atoms with Crippen LogP contribution in [0.25, 0.3) is 16.4 Å². The third-order valence-electron chi connectivity index (χ3n) is 20.5. The van der Waals surface area contributed by atoms with Crippen LogP contribution in [0.3, 0.4) is 0 Å². The molecule has 0 aliphatic carbocycles. The van der Waals surface area contributed by atoms with Gasteiger partial charge in [0.05, 0.1) is 30.1 Å². The number of hydrogen-bond donors (Lipinski definition) is 10. The Hall–Kier alpha value is -7.00. The molecule has 509 valence electrons. The molecular weight excluding hydrogens is 1270 g/mol. The molecule has 1 radical (unpaired) electrons. The van der Waals surface area contributed by atoms with Gasteiger partial charge in [0, 0.05) is 114 Å². The zero-order chi connectivity index (χ0) is 68.7. The number of aliphatic hydroxyl groups is 2. The number of aromatic nitrogens is 2. The summed E-state index contributed by atoms with van der Waals surface area (Å²) in [4.78, 5) is 125. The summed E-state index contributed by atoms with van der Waals surface area (Å²) < 4.78 is 32.3. The quantitative estimate of drug-likeness (QED) is 0.0469. The van der Waals surface area contributed by atoms with Crippen LogP contribution in [-0.2, 0) is 68.7 Å². The number of nitrogens with one attached hydrogen (secondary N) is 1. The van der Waals surface area contributed by atoms with Gasteiger partial charge in [-0.15, -0.1) is 0 Å². The molecule has 0 spiro atoms. The van der Waals surface area contributed by atoms with E-state index in [4.69, 9.17) is 80.3 Å². The van der Waals surface area contributed by atoms with E-state index in [0.717, 1.165) is 11.1 Å². The van der Waals surface area contributed by atoms with Crippen LogP contribution in [0.2, 0.25) is 0 Å². The van der Waals surface area contributed by atoms with Crippen LogP contribution < -0.4 is 39.7 Å². The third kappa shape index (κ3) is 14.6. The molecule has 6 aliphatic rings. The predicted octanol–water partition coefficient (Wildman–Crippen LogP) is 4.04. The van der Waals surface area contributed by atoms with Gasteiger partial charge in [-0.3, -0.25) is 57.6 Å². The number of phosphoric ester groups is 1. The Morgan fingerprint density at radius 2 is 1.38 bits per heavy atom. The average Bonchev–Trinajstić information content (AvgIpc) is 1.53. The Balaban J connectivity index is 0.00000453. The number of imidazole rings is 1. The second kappa shape index (κ2) is 28.5. The normalized spacial score (nSPS) is 31.0. The SMILES string of the molecule is CC1=C2N=C(C=C3N=C(C(C)=C4[N-]C(C)(C5N=C1C(C)(CCC(=O)NCC(C)OP(=O)(O)OC1C(CO)OC(n6cnc7cc(C)c(C)cc76)C1O)C5CC(N)=O)C(C)(CC(N)=O)C4CCC(N)=O)C(C)(CC(N)=O)C3CCC(N)=O)C(C)(C)C2CCC(N)=O.[C-]#N.[Co+2]. The molecule has 7 amide bonds. The number of nitrogens with two attached hydrogens (primary N) is 6. The summed E-state index contributed by atoms with van der Waals surface area (Å²) in [6.45, 7) is 23.9. The molecule has 15 atom stereocenters. The second-order valence-electron chi connectivity index (χ2n) is 27.0. The Kier molecular flexibility index (Phi) is 23.0. The van der Waals surface area contributed by atoms with Crippen molar-refractivity contribution >= 4 is 77.3 Å². The maximum atomic E-state index is 14.4. The zero-order valence-corrected chi connectivity index (χ0v) is 56.4. The molecule has 2 saturated heterocycles. The number of benzene rings is 1. The van der Waals surface area contributed by atoms with Gasteiger partial charge in [0.25, 0.3) is 0 Å². The summed E-state index contributed by atoms with van der Waals surface area (Å²) in [6.07, 6.45) is -4.47. The molecule has 2 aromatic rings. The van der Waals surface area contributed by atoms with E-state index in [1.54, 1.807) is 11.5 Å². The summed E-state index contributed by atoms with van der Waals surface area (Å²) in [5, 5.41) is 36.5. The summed E-state index contributed by atoms with van der Waals surface area (Å²) in [6, 6.07) is 2.68. The van der Waals surface area contributed by atoms with Crippen LogP contribution >= 0.6 is 7.82 Å². The standard InChI is InChI=1S/C62H90N13O14P.CN.Co/c1-29-20-39-40(21-30(29)2)75(28-70-39)57-52(84)53(41(27-76)87-57)89-90(85,86)88-31(3)26-69-49(83)18-19-59(8)37(22-46(66)80)56-62(11)61(10,25-48(68)82)36(14-17-45(65)79)51(74-62)33(5)55-60(9,24-47(67)81)34(12-15-43(63)77)38(71-55)23-42-58(6,7)35(13-16-44(64)78)50(72-42)32(4)54(59)73-56;1-2;/h20-21,23,28,31,34-37,41,52-53,56-57,76,84H,12-19,22,24-27H2,1-11H3,(H15,63,64,65,66,67,68,69,71,72,73,74,77,78,79,80,81,82,83,85,86);;/q;-1;+2/p-1. The maximum Gasteiger partial charge on any atom is 2.00 e. The first-order chi connectivity index (χ1) is 42.8. The fraction of sp³-hybridized carbons (Fsp3) is 0.619. The summed E-state index contributed by atoms with van der Waals surface area (Å²) in [7, 11) is -5.07. The minimum atomic E-state index is -5.07. The van der Waals surface area contributed by atoms with E-state index in [9.17, 15) is 53.2 Å². The fourth-order valence-electron chi connectivity index (χ4n) is 15.3. The second-order valence-corrected chi connectivity index (χ2v) is 28.4. The number of carbonyl (C=O) groups excluding carboxylic acids is 7. The molecule has 6 aliphatic heterocycles. The Labute approximate surface area is 551 Å².